The first-order valence-electron chi connectivity index (χ1n) is 6.75. The lowest BCUT2D eigenvalue weighted by molar-refractivity contribution is -0.141. The van der Waals surface area contributed by atoms with Crippen LogP contribution in [0.15, 0.2) is 28.7 Å². The zero-order valence-electron chi connectivity index (χ0n) is 12.3. The van der Waals surface area contributed by atoms with Gasteiger partial charge in [-0.25, -0.2) is 9.37 Å². The summed E-state index contributed by atoms with van der Waals surface area (Å²) in [6.45, 7) is 1.25. The van der Waals surface area contributed by atoms with Gasteiger partial charge in [0.05, 0.1) is 11.1 Å². The number of nitrogens with one attached hydrogen (secondary N) is 2. The van der Waals surface area contributed by atoms with Crippen molar-refractivity contribution in [1.29, 1.82) is 0 Å². The fourth-order valence-corrected chi connectivity index (χ4v) is 1.96. The maximum absolute atomic E-state index is 13.5. The Morgan fingerprint density at radius 2 is 1.96 bits per heavy atom. The van der Waals surface area contributed by atoms with Gasteiger partial charge in [0.15, 0.2) is 5.69 Å². The van der Waals surface area contributed by atoms with E-state index in [1.54, 1.807) is 6.92 Å². The van der Waals surface area contributed by atoms with Crippen molar-refractivity contribution in [2.75, 3.05) is 17.2 Å². The normalized spacial score (nSPS) is 12.8. The molecule has 0 aliphatic heterocycles. The Balaban J connectivity index is 2.36. The van der Waals surface area contributed by atoms with E-state index in [2.05, 4.69) is 36.5 Å². The lowest BCUT2D eigenvalue weighted by Gasteiger charge is -2.15. The van der Waals surface area contributed by atoms with Gasteiger partial charge in [-0.15, -0.1) is 0 Å². The number of halogens is 5. The number of benzene rings is 1. The number of aliphatic hydroxyl groups excluding tert-OH is 1. The van der Waals surface area contributed by atoms with Crippen molar-refractivity contribution in [3.63, 3.8) is 0 Å². The molecule has 0 amide bonds. The van der Waals surface area contributed by atoms with Crippen molar-refractivity contribution in [3.05, 3.63) is 40.2 Å². The largest absolute Gasteiger partial charge is 0.433 e. The molecule has 1 aromatic heterocycles. The smallest absolute Gasteiger partial charge is 0.394 e. The molecule has 1 heterocycles. The molecule has 130 valence electrons. The van der Waals surface area contributed by atoms with Crippen molar-refractivity contribution in [2.24, 2.45) is 0 Å². The van der Waals surface area contributed by atoms with Crippen LogP contribution in [0.3, 0.4) is 0 Å². The van der Waals surface area contributed by atoms with Gasteiger partial charge in [-0.05, 0) is 41.1 Å². The average molecular weight is 409 g/mol. The fraction of sp³-hybridized carbons (Fsp3) is 0.286. The predicted octanol–water partition coefficient (Wildman–Crippen LogP) is 3.93. The van der Waals surface area contributed by atoms with Crippen LogP contribution < -0.4 is 10.6 Å². The lowest BCUT2D eigenvalue weighted by Crippen LogP contribution is -2.22. The molecule has 2 aromatic rings. The van der Waals surface area contributed by atoms with Gasteiger partial charge >= 0.3 is 6.18 Å². The Bertz CT molecular complexity index is 726. The first-order chi connectivity index (χ1) is 11.2. The van der Waals surface area contributed by atoms with Gasteiger partial charge < -0.3 is 15.7 Å². The molecule has 1 atom stereocenters. The third kappa shape index (κ3) is 4.78. The minimum absolute atomic E-state index is 0.160. The number of aliphatic hydroxyl groups is 1. The summed E-state index contributed by atoms with van der Waals surface area (Å²) < 4.78 is 52.6. The highest BCUT2D eigenvalue weighted by Gasteiger charge is 2.34. The maximum Gasteiger partial charge on any atom is 0.433 e. The van der Waals surface area contributed by atoms with Crippen LogP contribution in [0.4, 0.5) is 35.0 Å². The summed E-state index contributed by atoms with van der Waals surface area (Å²) in [6.07, 6.45) is -4.68. The summed E-state index contributed by atoms with van der Waals surface area (Å²) in [5.74, 6) is -1.03. The highest BCUT2D eigenvalue weighted by molar-refractivity contribution is 9.10. The molecule has 0 aliphatic carbocycles. The molecule has 0 bridgehead atoms. The lowest BCUT2D eigenvalue weighted by atomic mass is 10.3. The second kappa shape index (κ2) is 7.31. The van der Waals surface area contributed by atoms with Crippen LogP contribution in [0, 0.1) is 5.82 Å². The maximum atomic E-state index is 13.5. The number of aromatic nitrogens is 2. The summed E-state index contributed by atoms with van der Waals surface area (Å²) >= 11 is 2.99. The summed E-state index contributed by atoms with van der Waals surface area (Å²) in [6, 6.07) is 4.19. The van der Waals surface area contributed by atoms with Gasteiger partial charge in [0, 0.05) is 17.8 Å². The number of rotatable bonds is 5. The summed E-state index contributed by atoms with van der Waals surface area (Å²) in [5, 5.41) is 14.1. The Kier molecular flexibility index (Phi) is 5.60. The van der Waals surface area contributed by atoms with Crippen molar-refractivity contribution in [3.8, 4) is 0 Å². The Hall–Kier alpha value is -1.94. The predicted molar refractivity (Wildman–Crippen MR) is 84.6 cm³/mol. The summed E-state index contributed by atoms with van der Waals surface area (Å²) in [5.41, 5.74) is -0.936. The molecule has 0 saturated heterocycles. The number of hydrogen-bond acceptors (Lipinski definition) is 5. The SMILES string of the molecule is C[C@@H](CO)Nc1nc(Nc2ccc(Br)c(F)c2)cc(C(F)(F)F)n1. The van der Waals surface area contributed by atoms with Gasteiger partial charge in [-0.1, -0.05) is 0 Å². The van der Waals surface area contributed by atoms with Crippen molar-refractivity contribution >= 4 is 33.4 Å². The molecule has 1 aromatic carbocycles. The molecule has 5 nitrogen and oxygen atoms in total. The Morgan fingerprint density at radius 1 is 1.25 bits per heavy atom. The molecule has 3 N–H and O–H groups in total. The van der Waals surface area contributed by atoms with Crippen LogP contribution in [0.5, 0.6) is 0 Å². The number of alkyl halides is 3. The van der Waals surface area contributed by atoms with E-state index in [9.17, 15) is 17.6 Å². The zero-order chi connectivity index (χ0) is 17.9. The van der Waals surface area contributed by atoms with E-state index in [1.165, 1.54) is 12.1 Å². The summed E-state index contributed by atoms with van der Waals surface area (Å²) in [4.78, 5) is 7.29. The molecule has 0 saturated carbocycles. The van der Waals surface area contributed by atoms with E-state index >= 15 is 0 Å². The quantitative estimate of drug-likeness (QED) is 0.653. The molecule has 0 radical (unpaired) electrons. The van der Waals surface area contributed by atoms with Crippen LogP contribution in [-0.2, 0) is 6.18 Å². The van der Waals surface area contributed by atoms with Gasteiger partial charge in [-0.3, -0.25) is 0 Å². The summed E-state index contributed by atoms with van der Waals surface area (Å²) in [7, 11) is 0. The van der Waals surface area contributed by atoms with Crippen LogP contribution in [0.2, 0.25) is 0 Å². The standard InChI is InChI=1S/C14H13BrF4N4O/c1-7(6-24)20-13-22-11(14(17,18)19)5-12(23-13)21-8-2-3-9(15)10(16)4-8/h2-5,7,24H,6H2,1H3,(H2,20,21,22,23)/t7-/m0/s1. The molecule has 0 spiro atoms. The van der Waals surface area contributed by atoms with E-state index in [4.69, 9.17) is 5.11 Å². The third-order valence-corrected chi connectivity index (χ3v) is 3.50. The number of hydrogen-bond donors (Lipinski definition) is 3. The second-order valence-corrected chi connectivity index (χ2v) is 5.80. The average Bonchev–Trinajstić information content (AvgIpc) is 2.49. The molecule has 0 unspecified atom stereocenters. The third-order valence-electron chi connectivity index (χ3n) is 2.86. The van der Waals surface area contributed by atoms with E-state index in [-0.39, 0.29) is 28.5 Å². The molecule has 0 fully saturated rings. The molecule has 2 rings (SSSR count). The number of nitrogens with zero attached hydrogens (tertiary/aromatic N) is 2. The monoisotopic (exact) mass is 408 g/mol. The molecular weight excluding hydrogens is 396 g/mol. The highest BCUT2D eigenvalue weighted by atomic mass is 79.9. The van der Waals surface area contributed by atoms with Crippen molar-refractivity contribution in [1.82, 2.24) is 9.97 Å². The highest BCUT2D eigenvalue weighted by Crippen LogP contribution is 2.31. The Morgan fingerprint density at radius 3 is 2.54 bits per heavy atom. The topological polar surface area (TPSA) is 70.1 Å². The zero-order valence-corrected chi connectivity index (χ0v) is 13.9. The first kappa shape index (κ1) is 18.4. The van der Waals surface area contributed by atoms with E-state index in [1.807, 2.05) is 0 Å². The fourth-order valence-electron chi connectivity index (χ4n) is 1.71. The molecular formula is C14H13BrF4N4O. The molecule has 24 heavy (non-hydrogen) atoms. The van der Waals surface area contributed by atoms with Crippen LogP contribution >= 0.6 is 15.9 Å². The molecule has 10 heteroatoms. The van der Waals surface area contributed by atoms with Gasteiger partial charge in [0.2, 0.25) is 5.95 Å². The van der Waals surface area contributed by atoms with E-state index < -0.39 is 23.7 Å². The van der Waals surface area contributed by atoms with E-state index in [0.29, 0.717) is 0 Å². The van der Waals surface area contributed by atoms with Gasteiger partial charge in [-0.2, -0.15) is 18.2 Å². The minimum atomic E-state index is -4.68. The van der Waals surface area contributed by atoms with Crippen LogP contribution in [-0.4, -0.2) is 27.7 Å². The second-order valence-electron chi connectivity index (χ2n) is 4.94. The van der Waals surface area contributed by atoms with Gasteiger partial charge in [0.25, 0.3) is 0 Å². The Labute approximate surface area is 143 Å². The van der Waals surface area contributed by atoms with Crippen LogP contribution in [0.25, 0.3) is 0 Å². The number of anilines is 3. The van der Waals surface area contributed by atoms with Gasteiger partial charge in [0.1, 0.15) is 11.6 Å². The first-order valence-corrected chi connectivity index (χ1v) is 7.54. The molecule has 0 aliphatic rings. The minimum Gasteiger partial charge on any atom is -0.394 e. The van der Waals surface area contributed by atoms with Crippen molar-refractivity contribution in [2.45, 2.75) is 19.1 Å². The van der Waals surface area contributed by atoms with Crippen LogP contribution in [0.1, 0.15) is 12.6 Å². The van der Waals surface area contributed by atoms with Crippen molar-refractivity contribution < 1.29 is 22.7 Å². The van der Waals surface area contributed by atoms with E-state index in [0.717, 1.165) is 12.1 Å².